The van der Waals surface area contributed by atoms with E-state index in [0.717, 1.165) is 32.7 Å². The average molecular weight is 398 g/mol. The van der Waals surface area contributed by atoms with Crippen LogP contribution in [0.4, 0.5) is 5.69 Å². The first-order chi connectivity index (χ1) is 13.0. The molecule has 0 aromatic heterocycles. The van der Waals surface area contributed by atoms with Gasteiger partial charge < -0.3 is 9.80 Å². The van der Waals surface area contributed by atoms with Crippen molar-refractivity contribution in [2.45, 2.75) is 49.5 Å². The number of non-ortho nitro benzene ring substituents is 1. The maximum Gasteiger partial charge on any atom is 0.269 e. The molecule has 0 aliphatic carbocycles. The molecular weight excluding hydrogens is 366 g/mol. The predicted octanol–water partition coefficient (Wildman–Crippen LogP) is -0.125. The van der Waals surface area contributed by atoms with Gasteiger partial charge in [0, 0.05) is 12.1 Å². The molecule has 0 saturated carbocycles. The molecule has 1 atom stereocenters. The first-order valence-corrected chi connectivity index (χ1v) is 11.8. The van der Waals surface area contributed by atoms with Gasteiger partial charge in [0.15, 0.2) is 15.9 Å². The fraction of sp³-hybridized carbons (Fsp3) is 0.684. The number of likely N-dealkylation sites (tertiary alicyclic amines) is 2. The molecule has 0 radical (unpaired) electrons. The summed E-state index contributed by atoms with van der Waals surface area (Å²) in [5.41, 5.74) is -0.0788. The van der Waals surface area contributed by atoms with Crippen molar-refractivity contribution in [2.24, 2.45) is 0 Å². The van der Waals surface area contributed by atoms with Gasteiger partial charge in [0.1, 0.15) is 12.3 Å². The minimum Gasteiger partial charge on any atom is -0.330 e. The number of hydrogen-bond acceptors (Lipinski definition) is 4. The second kappa shape index (κ2) is 9.12. The molecule has 2 aliphatic rings. The van der Waals surface area contributed by atoms with E-state index in [-0.39, 0.29) is 22.4 Å². The number of nitrogens with one attached hydrogen (secondary N) is 2. The van der Waals surface area contributed by atoms with Crippen molar-refractivity contribution in [1.29, 1.82) is 0 Å². The van der Waals surface area contributed by atoms with Crippen molar-refractivity contribution in [1.82, 2.24) is 0 Å². The number of sulfone groups is 1. The van der Waals surface area contributed by atoms with Gasteiger partial charge in [-0.1, -0.05) is 0 Å². The first-order valence-electron chi connectivity index (χ1n) is 10.1. The average Bonchev–Trinajstić information content (AvgIpc) is 2.69. The van der Waals surface area contributed by atoms with E-state index in [9.17, 15) is 18.5 Å². The fourth-order valence-electron chi connectivity index (χ4n) is 4.48. The third kappa shape index (κ3) is 5.49. The van der Waals surface area contributed by atoms with E-state index in [1.165, 1.54) is 72.6 Å². The summed E-state index contributed by atoms with van der Waals surface area (Å²) >= 11 is 0. The summed E-state index contributed by atoms with van der Waals surface area (Å²) in [4.78, 5) is 13.5. The molecule has 1 aromatic carbocycles. The van der Waals surface area contributed by atoms with Crippen LogP contribution in [0.5, 0.6) is 0 Å². The Balaban J connectivity index is 1.75. The Morgan fingerprint density at radius 2 is 1.48 bits per heavy atom. The summed E-state index contributed by atoms with van der Waals surface area (Å²) in [6.07, 6.45) is 7.31. The largest absolute Gasteiger partial charge is 0.330 e. The molecule has 150 valence electrons. The van der Waals surface area contributed by atoms with Crippen molar-refractivity contribution < 1.29 is 23.1 Å². The Kier molecular flexibility index (Phi) is 6.83. The van der Waals surface area contributed by atoms with Crippen molar-refractivity contribution >= 4 is 15.5 Å². The van der Waals surface area contributed by atoms with E-state index in [2.05, 4.69) is 0 Å². The molecule has 2 saturated heterocycles. The Morgan fingerprint density at radius 1 is 0.926 bits per heavy atom. The van der Waals surface area contributed by atoms with Crippen LogP contribution >= 0.6 is 0 Å². The quantitative estimate of drug-likeness (QED) is 0.496. The van der Waals surface area contributed by atoms with Crippen LogP contribution in [-0.2, 0) is 9.84 Å². The van der Waals surface area contributed by atoms with Gasteiger partial charge >= 0.3 is 0 Å². The van der Waals surface area contributed by atoms with Gasteiger partial charge in [-0.15, -0.1) is 0 Å². The van der Waals surface area contributed by atoms with Gasteiger partial charge in [-0.05, 0) is 50.7 Å². The first kappa shape index (κ1) is 20.2. The number of rotatable bonds is 7. The highest BCUT2D eigenvalue weighted by Crippen LogP contribution is 2.17. The molecule has 0 bridgehead atoms. The third-order valence-electron chi connectivity index (χ3n) is 6.00. The second-order valence-corrected chi connectivity index (χ2v) is 10.00. The SMILES string of the molecule is O=[N+]([O-])c1ccc(S(=O)(=O)CC(C[NH+]2CCCCC2)[NH+]2CCCCC2)cc1. The number of benzene rings is 1. The summed E-state index contributed by atoms with van der Waals surface area (Å²) in [7, 11) is -3.46. The topological polar surface area (TPSA) is 86.2 Å². The molecule has 2 heterocycles. The van der Waals surface area contributed by atoms with E-state index in [0.29, 0.717) is 0 Å². The lowest BCUT2D eigenvalue weighted by atomic mass is 10.1. The molecule has 7 nitrogen and oxygen atoms in total. The maximum atomic E-state index is 13.0. The van der Waals surface area contributed by atoms with Gasteiger partial charge in [0.05, 0.1) is 36.0 Å². The molecule has 3 rings (SSSR count). The van der Waals surface area contributed by atoms with Crippen LogP contribution in [0.1, 0.15) is 38.5 Å². The Morgan fingerprint density at radius 3 is 2.04 bits per heavy atom. The zero-order chi connectivity index (χ0) is 19.3. The van der Waals surface area contributed by atoms with Crippen LogP contribution < -0.4 is 9.80 Å². The molecule has 2 fully saturated rings. The normalized spacial score (nSPS) is 21.0. The molecule has 0 spiro atoms. The lowest BCUT2D eigenvalue weighted by Gasteiger charge is -2.34. The number of nitro groups is 1. The van der Waals surface area contributed by atoms with E-state index in [1.54, 1.807) is 0 Å². The van der Waals surface area contributed by atoms with Gasteiger partial charge in [-0.3, -0.25) is 10.1 Å². The van der Waals surface area contributed by atoms with Crippen molar-refractivity contribution in [3.05, 3.63) is 34.4 Å². The zero-order valence-corrected chi connectivity index (χ0v) is 16.7. The highest BCUT2D eigenvalue weighted by Gasteiger charge is 2.34. The smallest absolute Gasteiger partial charge is 0.269 e. The monoisotopic (exact) mass is 397 g/mol. The van der Waals surface area contributed by atoms with Crippen LogP contribution in [0, 0.1) is 10.1 Å². The van der Waals surface area contributed by atoms with Crippen LogP contribution in [-0.4, -0.2) is 57.9 Å². The second-order valence-electron chi connectivity index (χ2n) is 7.96. The summed E-state index contributed by atoms with van der Waals surface area (Å²) in [5, 5.41) is 10.8. The Labute approximate surface area is 161 Å². The molecule has 8 heteroatoms. The maximum absolute atomic E-state index is 13.0. The highest BCUT2D eigenvalue weighted by atomic mass is 32.2. The van der Waals surface area contributed by atoms with Gasteiger partial charge in [-0.25, -0.2) is 8.42 Å². The van der Waals surface area contributed by atoms with E-state index >= 15 is 0 Å². The minimum absolute atomic E-state index is 0.0788. The Bertz CT molecular complexity index is 724. The third-order valence-corrected chi connectivity index (χ3v) is 7.83. The number of hydrogen-bond donors (Lipinski definition) is 2. The van der Waals surface area contributed by atoms with Crippen LogP contribution in [0.15, 0.2) is 29.2 Å². The van der Waals surface area contributed by atoms with Gasteiger partial charge in [0.25, 0.3) is 5.69 Å². The summed E-state index contributed by atoms with van der Waals surface area (Å²) < 4.78 is 26.0. The van der Waals surface area contributed by atoms with E-state index < -0.39 is 14.8 Å². The number of piperidine rings is 2. The summed E-state index contributed by atoms with van der Waals surface area (Å²) in [5.74, 6) is 0.129. The standard InChI is InChI=1S/C19H29N3O4S/c23-22(24)17-7-9-19(10-8-17)27(25,26)16-18(21-13-5-2-6-14-21)15-20-11-3-1-4-12-20/h7-10,18H,1-6,11-16H2/p+2. The van der Waals surface area contributed by atoms with Crippen molar-refractivity contribution in [2.75, 3.05) is 38.5 Å². The minimum atomic E-state index is -3.46. The van der Waals surface area contributed by atoms with Crippen LogP contribution in [0.2, 0.25) is 0 Å². The molecule has 0 amide bonds. The van der Waals surface area contributed by atoms with Crippen LogP contribution in [0.3, 0.4) is 0 Å². The Hall–Kier alpha value is -1.51. The number of nitrogens with zero attached hydrogens (tertiary/aromatic N) is 1. The number of nitro benzene ring substituents is 1. The molecule has 1 aromatic rings. The van der Waals surface area contributed by atoms with Crippen molar-refractivity contribution in [3.63, 3.8) is 0 Å². The van der Waals surface area contributed by atoms with E-state index in [4.69, 9.17) is 0 Å². The lowest BCUT2D eigenvalue weighted by molar-refractivity contribution is -0.979. The zero-order valence-electron chi connectivity index (χ0n) is 15.9. The van der Waals surface area contributed by atoms with E-state index in [1.807, 2.05) is 0 Å². The molecular formula is C19H31N3O4S+2. The van der Waals surface area contributed by atoms with Gasteiger partial charge in [-0.2, -0.15) is 0 Å². The highest BCUT2D eigenvalue weighted by molar-refractivity contribution is 7.91. The van der Waals surface area contributed by atoms with Gasteiger partial charge in [0.2, 0.25) is 0 Å². The fourth-order valence-corrected chi connectivity index (χ4v) is 6.10. The molecule has 27 heavy (non-hydrogen) atoms. The summed E-state index contributed by atoms with van der Waals surface area (Å²) in [6, 6.07) is 5.42. The summed E-state index contributed by atoms with van der Waals surface area (Å²) in [6.45, 7) is 5.28. The molecule has 2 N–H and O–H groups in total. The number of quaternary nitrogens is 2. The van der Waals surface area contributed by atoms with Crippen molar-refractivity contribution in [3.8, 4) is 0 Å². The predicted molar refractivity (Wildman–Crippen MR) is 103 cm³/mol. The molecule has 1 unspecified atom stereocenters. The molecule has 2 aliphatic heterocycles. The lowest BCUT2D eigenvalue weighted by Crippen LogP contribution is -3.24. The van der Waals surface area contributed by atoms with Crippen LogP contribution in [0.25, 0.3) is 0 Å².